The molecule has 0 saturated heterocycles. The lowest BCUT2D eigenvalue weighted by molar-refractivity contribution is 0.285. The molecule has 0 nitrogen and oxygen atoms in total. The zero-order chi connectivity index (χ0) is 11.7. The molecular formula is C16H26. The summed E-state index contributed by atoms with van der Waals surface area (Å²) in [4.78, 5) is 0. The summed E-state index contributed by atoms with van der Waals surface area (Å²) in [6, 6.07) is 0. The van der Waals surface area contributed by atoms with E-state index in [9.17, 15) is 0 Å². The summed E-state index contributed by atoms with van der Waals surface area (Å²) in [5.41, 5.74) is 3.24. The van der Waals surface area contributed by atoms with E-state index >= 15 is 0 Å². The summed E-state index contributed by atoms with van der Waals surface area (Å²) in [5, 5.41) is 0. The number of fused-ring (bicyclic) bond motifs is 1. The molecule has 0 heteroatoms. The normalized spacial score (nSPS) is 49.0. The van der Waals surface area contributed by atoms with E-state index in [1.54, 1.807) is 0 Å². The molecule has 5 unspecified atom stereocenters. The smallest absolute Gasteiger partial charge is 0.00472 e. The summed E-state index contributed by atoms with van der Waals surface area (Å²) in [6.07, 6.45) is 6.84. The maximum Gasteiger partial charge on any atom is 0.00472 e. The zero-order valence-corrected chi connectivity index (χ0v) is 11.5. The summed E-state index contributed by atoms with van der Waals surface area (Å²) in [5.74, 6) is 3.85. The third-order valence-electron chi connectivity index (χ3n) is 5.98. The van der Waals surface area contributed by atoms with Crippen LogP contribution in [0.25, 0.3) is 0 Å². The second-order valence-electron chi connectivity index (χ2n) is 7.35. The van der Waals surface area contributed by atoms with Gasteiger partial charge < -0.3 is 0 Å². The van der Waals surface area contributed by atoms with Crippen LogP contribution in [0.15, 0.2) is 11.6 Å². The maximum absolute atomic E-state index is 2.65. The predicted octanol–water partition coefficient (Wildman–Crippen LogP) is 4.66. The van der Waals surface area contributed by atoms with Crippen LogP contribution in [0.3, 0.4) is 0 Å². The lowest BCUT2D eigenvalue weighted by atomic mass is 9.66. The first-order valence-corrected chi connectivity index (χ1v) is 7.16. The summed E-state index contributed by atoms with van der Waals surface area (Å²) in [6.45, 7) is 12.1. The topological polar surface area (TPSA) is 0 Å². The van der Waals surface area contributed by atoms with E-state index in [2.05, 4.69) is 40.7 Å². The Balaban J connectivity index is 1.51. The predicted molar refractivity (Wildman–Crippen MR) is 69.1 cm³/mol. The molecule has 0 bridgehead atoms. The first-order valence-electron chi connectivity index (χ1n) is 7.16. The lowest BCUT2D eigenvalue weighted by Crippen LogP contribution is -2.29. The Kier molecular flexibility index (Phi) is 2.00. The van der Waals surface area contributed by atoms with Crippen molar-refractivity contribution < 1.29 is 0 Å². The molecule has 90 valence electrons. The summed E-state index contributed by atoms with van der Waals surface area (Å²) < 4.78 is 0. The van der Waals surface area contributed by atoms with Crippen molar-refractivity contribution >= 4 is 0 Å². The van der Waals surface area contributed by atoms with Gasteiger partial charge in [-0.3, -0.25) is 0 Å². The Morgan fingerprint density at radius 1 is 1.25 bits per heavy atom. The number of rotatable bonds is 5. The Labute approximate surface area is 101 Å². The molecule has 16 heavy (non-hydrogen) atoms. The monoisotopic (exact) mass is 218 g/mol. The van der Waals surface area contributed by atoms with Gasteiger partial charge in [0.25, 0.3) is 0 Å². The van der Waals surface area contributed by atoms with Gasteiger partial charge in [-0.25, -0.2) is 0 Å². The van der Waals surface area contributed by atoms with E-state index in [1.165, 1.54) is 19.3 Å². The van der Waals surface area contributed by atoms with Crippen molar-refractivity contribution in [3.63, 3.8) is 0 Å². The van der Waals surface area contributed by atoms with Crippen LogP contribution in [0.1, 0.15) is 53.9 Å². The number of hydrogen-bond donors (Lipinski definition) is 0. The molecule has 2 saturated carbocycles. The molecule has 5 atom stereocenters. The highest BCUT2D eigenvalue weighted by Gasteiger charge is 2.95. The van der Waals surface area contributed by atoms with Gasteiger partial charge in [0, 0.05) is 10.8 Å². The molecule has 1 spiro atoms. The Bertz CT molecular complexity index is 351. The second kappa shape index (κ2) is 2.94. The van der Waals surface area contributed by atoms with Crippen LogP contribution in [-0.4, -0.2) is 0 Å². The van der Waals surface area contributed by atoms with E-state index in [1.807, 2.05) is 5.57 Å². The van der Waals surface area contributed by atoms with Crippen molar-refractivity contribution in [3.8, 4) is 0 Å². The molecule has 3 aliphatic rings. The van der Waals surface area contributed by atoms with E-state index in [4.69, 9.17) is 0 Å². The van der Waals surface area contributed by atoms with Gasteiger partial charge in [0.15, 0.2) is 0 Å². The summed E-state index contributed by atoms with van der Waals surface area (Å²) in [7, 11) is 0. The highest BCUT2D eigenvalue weighted by atomic mass is 15.0. The third-order valence-corrected chi connectivity index (χ3v) is 5.98. The highest BCUT2D eigenvalue weighted by molar-refractivity contribution is 5.61. The molecule has 0 aliphatic heterocycles. The van der Waals surface area contributed by atoms with Crippen LogP contribution in [0.5, 0.6) is 0 Å². The van der Waals surface area contributed by atoms with Gasteiger partial charge in [-0.05, 0) is 30.1 Å². The van der Waals surface area contributed by atoms with Gasteiger partial charge >= 0.3 is 0 Å². The van der Waals surface area contributed by atoms with Crippen molar-refractivity contribution in [2.24, 2.45) is 34.5 Å². The fraction of sp³-hybridized carbons (Fsp3) is 0.875. The van der Waals surface area contributed by atoms with Gasteiger partial charge in [-0.2, -0.15) is 0 Å². The molecule has 0 aromatic rings. The minimum Gasteiger partial charge on any atom is -0.0770 e. The number of allylic oxidation sites excluding steroid dienone is 2. The maximum atomic E-state index is 2.65. The van der Waals surface area contributed by atoms with Crippen LogP contribution in [0.4, 0.5) is 0 Å². The molecule has 0 aromatic heterocycles. The Morgan fingerprint density at radius 2 is 1.94 bits per heavy atom. The third kappa shape index (κ3) is 1.02. The summed E-state index contributed by atoms with van der Waals surface area (Å²) >= 11 is 0. The average molecular weight is 218 g/mol. The van der Waals surface area contributed by atoms with Crippen molar-refractivity contribution in [3.05, 3.63) is 11.6 Å². The zero-order valence-electron chi connectivity index (χ0n) is 11.5. The minimum atomic E-state index is 0.693. The van der Waals surface area contributed by atoms with Crippen LogP contribution < -0.4 is 0 Å². The molecule has 0 aromatic carbocycles. The van der Waals surface area contributed by atoms with Crippen LogP contribution in [-0.2, 0) is 0 Å². The average Bonchev–Trinajstić information content (AvgIpc) is 2.97. The molecular weight excluding hydrogens is 192 g/mol. The molecule has 3 aliphatic carbocycles. The minimum absolute atomic E-state index is 0.693. The van der Waals surface area contributed by atoms with E-state index < -0.39 is 0 Å². The van der Waals surface area contributed by atoms with E-state index in [0.29, 0.717) is 5.41 Å². The highest BCUT2D eigenvalue weighted by Crippen LogP contribution is 2.99. The van der Waals surface area contributed by atoms with E-state index in [-0.39, 0.29) is 0 Å². The first kappa shape index (κ1) is 10.9. The van der Waals surface area contributed by atoms with Crippen LogP contribution in [0.2, 0.25) is 0 Å². The molecule has 2 fully saturated rings. The largest absolute Gasteiger partial charge is 0.0770 e. The van der Waals surface area contributed by atoms with Crippen molar-refractivity contribution in [1.29, 1.82) is 0 Å². The SMILES string of the molecule is CC(C)CCC(C)CC1=CC23C(C)C2C13C. The molecule has 0 radical (unpaired) electrons. The van der Waals surface area contributed by atoms with Gasteiger partial charge in [0.1, 0.15) is 0 Å². The van der Waals surface area contributed by atoms with Crippen molar-refractivity contribution in [1.82, 2.24) is 0 Å². The van der Waals surface area contributed by atoms with E-state index in [0.717, 1.165) is 29.1 Å². The van der Waals surface area contributed by atoms with Gasteiger partial charge in [-0.15, -0.1) is 0 Å². The lowest BCUT2D eigenvalue weighted by Gasteiger charge is -2.38. The Hall–Kier alpha value is -0.260. The molecule has 0 amide bonds. The molecule has 0 heterocycles. The fourth-order valence-corrected chi connectivity index (χ4v) is 4.75. The fourth-order valence-electron chi connectivity index (χ4n) is 4.75. The molecule has 0 N–H and O–H groups in total. The quantitative estimate of drug-likeness (QED) is 0.589. The van der Waals surface area contributed by atoms with Gasteiger partial charge in [0.2, 0.25) is 0 Å². The Morgan fingerprint density at radius 3 is 2.38 bits per heavy atom. The van der Waals surface area contributed by atoms with Crippen LogP contribution in [0, 0.1) is 34.5 Å². The molecule has 3 rings (SSSR count). The van der Waals surface area contributed by atoms with Gasteiger partial charge in [-0.1, -0.05) is 59.1 Å². The van der Waals surface area contributed by atoms with Gasteiger partial charge in [0.05, 0.1) is 0 Å². The van der Waals surface area contributed by atoms with Crippen molar-refractivity contribution in [2.45, 2.75) is 53.9 Å². The van der Waals surface area contributed by atoms with Crippen molar-refractivity contribution in [2.75, 3.05) is 0 Å². The second-order valence-corrected chi connectivity index (χ2v) is 7.35. The first-order chi connectivity index (χ1) is 7.44. The number of hydrogen-bond acceptors (Lipinski definition) is 0. The van der Waals surface area contributed by atoms with Crippen LogP contribution >= 0.6 is 0 Å². The standard InChI is InChI=1S/C16H26/c1-10(2)6-7-11(3)8-13-9-16-12(4)14(16)15(13,16)5/h9-12,14H,6-8H2,1-5H3.